The Balaban J connectivity index is 2.57. The maximum absolute atomic E-state index is 14.2. The zero-order chi connectivity index (χ0) is 20.6. The quantitative estimate of drug-likeness (QED) is 0.638. The van der Waals surface area contributed by atoms with Crippen molar-refractivity contribution < 1.29 is 8.63 Å². The van der Waals surface area contributed by atoms with Crippen LogP contribution in [0.2, 0.25) is 0 Å². The summed E-state index contributed by atoms with van der Waals surface area (Å²) < 4.78 is 29.6. The number of hydrogen-bond acceptors (Lipinski definition) is 0. The number of nitrogens with one attached hydrogen (secondary N) is 1. The number of H-pyrrole nitrogens is 1. The van der Waals surface area contributed by atoms with E-state index in [4.69, 9.17) is 0 Å². The molecule has 0 radical (unpaired) electrons. The Kier molecular flexibility index (Phi) is 5.64. The Hall–Kier alpha value is -2.56. The average molecular weight is 380 g/mol. The molecule has 146 valence electrons. The minimum absolute atomic E-state index is 0.586. The molecule has 0 bridgehead atoms. The highest BCUT2D eigenvalue weighted by atomic mass is 19.2. The Bertz CT molecular complexity index is 1110. The van der Waals surface area contributed by atoms with Crippen LogP contribution in [0.15, 0.2) is 30.3 Å². The number of aromatic amines is 1. The summed E-state index contributed by atoms with van der Waals surface area (Å²) in [6.07, 6.45) is 1.56. The first-order valence-corrected chi connectivity index (χ1v) is 9.78. The fraction of sp³-hybridized carbons (Fsp3) is 0.304. The minimum Gasteiger partial charge on any atom is -0.355 e. The van der Waals surface area contributed by atoms with E-state index in [2.05, 4.69) is 18.5 Å². The summed E-state index contributed by atoms with van der Waals surface area (Å²) >= 11 is 0. The average Bonchev–Trinajstić information content (AvgIpc) is 3.09. The molecule has 2 nitrogen and oxygen atoms in total. The third-order valence-electron chi connectivity index (χ3n) is 5.77. The first-order valence-electron chi connectivity index (χ1n) is 9.78. The zero-order valence-electron chi connectivity index (χ0n) is 17.3. The van der Waals surface area contributed by atoms with Gasteiger partial charge in [0.05, 0.1) is 5.35 Å². The van der Waals surface area contributed by atoms with Crippen LogP contribution in [0.25, 0.3) is 12.2 Å². The van der Waals surface area contributed by atoms with Crippen LogP contribution in [0.5, 0.6) is 0 Å². The van der Waals surface area contributed by atoms with E-state index < -0.39 is 7.40 Å². The Morgan fingerprint density at radius 2 is 1.61 bits per heavy atom. The van der Waals surface area contributed by atoms with Crippen LogP contribution >= 0.6 is 0 Å². The van der Waals surface area contributed by atoms with Gasteiger partial charge in [-0.1, -0.05) is 50.8 Å². The second-order valence-corrected chi connectivity index (χ2v) is 7.22. The van der Waals surface area contributed by atoms with Gasteiger partial charge < -0.3 is 9.46 Å². The van der Waals surface area contributed by atoms with Crippen molar-refractivity contribution in [3.8, 4) is 0 Å². The van der Waals surface area contributed by atoms with Crippen molar-refractivity contribution in [1.82, 2.24) is 9.46 Å². The van der Waals surface area contributed by atoms with Crippen molar-refractivity contribution in [2.24, 2.45) is 0 Å². The molecule has 1 aromatic carbocycles. The van der Waals surface area contributed by atoms with Crippen LogP contribution in [0.1, 0.15) is 53.1 Å². The third-order valence-corrected chi connectivity index (χ3v) is 5.77. The number of benzene rings is 1. The van der Waals surface area contributed by atoms with Gasteiger partial charge >= 0.3 is 7.40 Å². The first-order chi connectivity index (χ1) is 13.3. The van der Waals surface area contributed by atoms with Gasteiger partial charge in [-0.15, -0.1) is 0 Å². The molecule has 0 aliphatic carbocycles. The molecule has 0 atom stereocenters. The lowest BCUT2D eigenvalue weighted by Gasteiger charge is -2.14. The highest BCUT2D eigenvalue weighted by Crippen LogP contribution is 2.32. The zero-order valence-corrected chi connectivity index (χ0v) is 17.3. The molecule has 2 aromatic heterocycles. The van der Waals surface area contributed by atoms with Crippen molar-refractivity contribution in [2.45, 2.75) is 47.5 Å². The van der Waals surface area contributed by atoms with E-state index in [0.717, 1.165) is 56.9 Å². The van der Waals surface area contributed by atoms with Crippen molar-refractivity contribution in [3.63, 3.8) is 0 Å². The lowest BCUT2D eigenvalue weighted by Crippen LogP contribution is -2.23. The van der Waals surface area contributed by atoms with Gasteiger partial charge in [0.1, 0.15) is 0 Å². The largest absolute Gasteiger partial charge is 0.677 e. The monoisotopic (exact) mass is 380 g/mol. The van der Waals surface area contributed by atoms with Crippen LogP contribution in [0.3, 0.4) is 0 Å². The van der Waals surface area contributed by atoms with E-state index in [1.165, 1.54) is 4.48 Å². The fourth-order valence-corrected chi connectivity index (χ4v) is 4.41. The molecular formula is C23H27BF2N2. The molecule has 0 aliphatic heterocycles. The molecule has 0 saturated carbocycles. The summed E-state index contributed by atoms with van der Waals surface area (Å²) in [5.74, 6) is 0. The number of rotatable bonds is 5. The van der Waals surface area contributed by atoms with Gasteiger partial charge in [0.2, 0.25) is 0 Å². The summed E-state index contributed by atoms with van der Waals surface area (Å²) in [5.41, 5.74) is 7.06. The molecule has 1 N–H and O–H groups in total. The second kappa shape index (κ2) is 7.82. The standard InChI is InChI=1S/C23H27BF2N2/c1-7-19-14(3)22(27-16(19)5)21(18-12-10-9-11-13-18)23-15(4)20(8-2)17(6)28(23)24(25)26/h9-13,27H,5,7-8H2,1-4,6H3/b22-21-. The molecule has 5 heteroatoms. The maximum atomic E-state index is 14.2. The van der Waals surface area contributed by atoms with E-state index >= 15 is 0 Å². The molecule has 3 aromatic rings. The van der Waals surface area contributed by atoms with E-state index in [1.807, 2.05) is 51.1 Å². The lowest BCUT2D eigenvalue weighted by atomic mass is 9.95. The summed E-state index contributed by atoms with van der Waals surface area (Å²) in [4.78, 5) is 3.39. The number of nitrogens with zero attached hydrogens (tertiary/aromatic N) is 1. The van der Waals surface area contributed by atoms with Gasteiger partial charge in [0.25, 0.3) is 0 Å². The molecule has 0 saturated heterocycles. The Morgan fingerprint density at radius 3 is 2.11 bits per heavy atom. The molecule has 0 spiro atoms. The molecular weight excluding hydrogens is 353 g/mol. The molecule has 3 rings (SSSR count). The molecule has 0 aliphatic rings. The van der Waals surface area contributed by atoms with E-state index in [1.54, 1.807) is 6.92 Å². The third kappa shape index (κ3) is 3.13. The second-order valence-electron chi connectivity index (χ2n) is 7.22. The van der Waals surface area contributed by atoms with Crippen molar-refractivity contribution in [1.29, 1.82) is 0 Å². The normalized spacial score (nSPS) is 12.4. The Labute approximate surface area is 165 Å². The lowest BCUT2D eigenvalue weighted by molar-refractivity contribution is 0.623. The molecule has 2 heterocycles. The van der Waals surface area contributed by atoms with Crippen LogP contribution in [0, 0.1) is 20.8 Å². The molecule has 0 fully saturated rings. The van der Waals surface area contributed by atoms with E-state index in [-0.39, 0.29) is 0 Å². The first kappa shape index (κ1) is 20.2. The van der Waals surface area contributed by atoms with Crippen LogP contribution in [-0.4, -0.2) is 16.9 Å². The summed E-state index contributed by atoms with van der Waals surface area (Å²) in [5, 5.41) is 1.72. The van der Waals surface area contributed by atoms with Gasteiger partial charge in [-0.2, -0.15) is 0 Å². The van der Waals surface area contributed by atoms with Crippen molar-refractivity contribution >= 4 is 19.6 Å². The van der Waals surface area contributed by atoms with Crippen LogP contribution in [0.4, 0.5) is 8.63 Å². The van der Waals surface area contributed by atoms with Crippen molar-refractivity contribution in [3.05, 3.63) is 80.2 Å². The maximum Gasteiger partial charge on any atom is 0.677 e. The highest BCUT2D eigenvalue weighted by molar-refractivity contribution is 6.41. The molecule has 0 amide bonds. The fourth-order valence-electron chi connectivity index (χ4n) is 4.41. The highest BCUT2D eigenvalue weighted by Gasteiger charge is 2.30. The van der Waals surface area contributed by atoms with Gasteiger partial charge in [-0.25, -0.2) is 0 Å². The van der Waals surface area contributed by atoms with Crippen LogP contribution in [-0.2, 0) is 12.8 Å². The van der Waals surface area contributed by atoms with Gasteiger partial charge in [0, 0.05) is 22.3 Å². The number of aromatic nitrogens is 2. The topological polar surface area (TPSA) is 20.7 Å². The Morgan fingerprint density at radius 1 is 1.00 bits per heavy atom. The van der Waals surface area contributed by atoms with Crippen LogP contribution < -0.4 is 10.7 Å². The minimum atomic E-state index is -2.60. The predicted molar refractivity (Wildman–Crippen MR) is 114 cm³/mol. The van der Waals surface area contributed by atoms with Gasteiger partial charge in [0.15, 0.2) is 0 Å². The molecule has 0 unspecified atom stereocenters. The SMILES string of the molecule is C=c1[nH]/c(=C(/c2ccccc2)c2c(C)c(CC)c(C)n2B(F)F)c(C)c1CC. The van der Waals surface area contributed by atoms with Gasteiger partial charge in [-0.3, -0.25) is 8.63 Å². The summed E-state index contributed by atoms with van der Waals surface area (Å²) in [6, 6.07) is 9.78. The molecule has 28 heavy (non-hydrogen) atoms. The van der Waals surface area contributed by atoms with E-state index in [9.17, 15) is 8.63 Å². The number of halogens is 2. The van der Waals surface area contributed by atoms with Gasteiger partial charge in [-0.05, 0) is 61.4 Å². The summed E-state index contributed by atoms with van der Waals surface area (Å²) in [6.45, 7) is 14.0. The van der Waals surface area contributed by atoms with Crippen molar-refractivity contribution in [2.75, 3.05) is 0 Å². The van der Waals surface area contributed by atoms with E-state index in [0.29, 0.717) is 11.4 Å². The smallest absolute Gasteiger partial charge is 0.355 e. The number of hydrogen-bond donors (Lipinski definition) is 1. The summed E-state index contributed by atoms with van der Waals surface area (Å²) in [7, 11) is -2.60. The predicted octanol–water partition coefficient (Wildman–Crippen LogP) is 4.30.